The minimum absolute atomic E-state index is 0.165. The average molecular weight is 165 g/mol. The Balaban J connectivity index is 2.85. The molecular weight excluding hydrogens is 150 g/mol. The smallest absolute Gasteiger partial charge is 0.125 e. The summed E-state index contributed by atoms with van der Waals surface area (Å²) in [7, 11) is 0. The van der Waals surface area contributed by atoms with Gasteiger partial charge in [-0.1, -0.05) is 0 Å². The number of nitrogens with two attached hydrogens (primary N) is 1. The third-order valence-corrected chi connectivity index (χ3v) is 1.55. The van der Waals surface area contributed by atoms with Gasteiger partial charge >= 0.3 is 0 Å². The predicted molar refractivity (Wildman–Crippen MR) is 48.9 cm³/mol. The van der Waals surface area contributed by atoms with Crippen molar-refractivity contribution in [2.45, 2.75) is 33.2 Å². The first kappa shape index (κ1) is 9.13. The van der Waals surface area contributed by atoms with Crippen molar-refractivity contribution in [2.75, 3.05) is 0 Å². The van der Waals surface area contributed by atoms with Gasteiger partial charge in [-0.15, -0.1) is 0 Å². The first-order chi connectivity index (χ1) is 5.58. The monoisotopic (exact) mass is 165 g/mol. The van der Waals surface area contributed by atoms with Gasteiger partial charge in [0.05, 0.1) is 0 Å². The van der Waals surface area contributed by atoms with E-state index in [4.69, 9.17) is 5.73 Å². The standard InChI is InChI=1S/C9H15N3/c1-6(10)4-9-5-7(2)11-8(3)12-9/h5-6H,4,10H2,1-3H3. The van der Waals surface area contributed by atoms with Crippen molar-refractivity contribution < 1.29 is 0 Å². The van der Waals surface area contributed by atoms with E-state index in [1.165, 1.54) is 0 Å². The molecule has 2 N–H and O–H groups in total. The second-order valence-corrected chi connectivity index (χ2v) is 3.23. The van der Waals surface area contributed by atoms with E-state index in [-0.39, 0.29) is 6.04 Å². The maximum absolute atomic E-state index is 5.66. The number of hydrogen-bond acceptors (Lipinski definition) is 3. The lowest BCUT2D eigenvalue weighted by molar-refractivity contribution is 0.714. The molecule has 1 aromatic heterocycles. The molecule has 3 heteroatoms. The summed E-state index contributed by atoms with van der Waals surface area (Å²) in [5.74, 6) is 0.825. The molecule has 0 amide bonds. The zero-order chi connectivity index (χ0) is 9.14. The van der Waals surface area contributed by atoms with Gasteiger partial charge in [0.1, 0.15) is 5.82 Å². The summed E-state index contributed by atoms with van der Waals surface area (Å²) >= 11 is 0. The van der Waals surface area contributed by atoms with Crippen LogP contribution in [0.2, 0.25) is 0 Å². The number of nitrogens with zero attached hydrogens (tertiary/aromatic N) is 2. The Kier molecular flexibility index (Phi) is 2.76. The molecule has 0 bridgehead atoms. The molecular formula is C9H15N3. The lowest BCUT2D eigenvalue weighted by Gasteiger charge is -2.05. The van der Waals surface area contributed by atoms with Crippen LogP contribution in [-0.4, -0.2) is 16.0 Å². The van der Waals surface area contributed by atoms with Crippen LogP contribution in [0.1, 0.15) is 24.1 Å². The van der Waals surface area contributed by atoms with E-state index >= 15 is 0 Å². The zero-order valence-corrected chi connectivity index (χ0v) is 7.83. The third-order valence-electron chi connectivity index (χ3n) is 1.55. The normalized spacial score (nSPS) is 13.0. The Labute approximate surface area is 73.0 Å². The molecule has 0 aliphatic rings. The molecule has 0 aliphatic heterocycles. The van der Waals surface area contributed by atoms with Gasteiger partial charge in [0.15, 0.2) is 0 Å². The summed E-state index contributed by atoms with van der Waals surface area (Å²) in [6.07, 6.45) is 0.824. The fourth-order valence-corrected chi connectivity index (χ4v) is 1.23. The van der Waals surface area contributed by atoms with Gasteiger partial charge < -0.3 is 5.73 Å². The second-order valence-electron chi connectivity index (χ2n) is 3.23. The molecule has 0 saturated carbocycles. The highest BCUT2D eigenvalue weighted by molar-refractivity contribution is 5.10. The van der Waals surface area contributed by atoms with Gasteiger partial charge in [0.25, 0.3) is 0 Å². The van der Waals surface area contributed by atoms with Gasteiger partial charge in [-0.2, -0.15) is 0 Å². The van der Waals surface area contributed by atoms with Crippen LogP contribution >= 0.6 is 0 Å². The van der Waals surface area contributed by atoms with Crippen LogP contribution in [0, 0.1) is 13.8 Å². The van der Waals surface area contributed by atoms with Gasteiger partial charge in [0.2, 0.25) is 0 Å². The minimum atomic E-state index is 0.165. The van der Waals surface area contributed by atoms with Crippen molar-refractivity contribution in [1.82, 2.24) is 9.97 Å². The van der Waals surface area contributed by atoms with E-state index in [0.29, 0.717) is 0 Å². The van der Waals surface area contributed by atoms with Gasteiger partial charge in [-0.25, -0.2) is 9.97 Å². The van der Waals surface area contributed by atoms with Crippen molar-refractivity contribution >= 4 is 0 Å². The summed E-state index contributed by atoms with van der Waals surface area (Å²) in [6.45, 7) is 5.85. The molecule has 0 fully saturated rings. The highest BCUT2D eigenvalue weighted by Gasteiger charge is 2.01. The fraction of sp³-hybridized carbons (Fsp3) is 0.556. The lowest BCUT2D eigenvalue weighted by Crippen LogP contribution is -2.19. The second kappa shape index (κ2) is 3.63. The molecule has 66 valence electrons. The summed E-state index contributed by atoms with van der Waals surface area (Å²) in [5, 5.41) is 0. The molecule has 1 aromatic rings. The van der Waals surface area contributed by atoms with Crippen LogP contribution in [-0.2, 0) is 6.42 Å². The van der Waals surface area contributed by atoms with E-state index in [9.17, 15) is 0 Å². The van der Waals surface area contributed by atoms with Crippen molar-refractivity contribution in [2.24, 2.45) is 5.73 Å². The van der Waals surface area contributed by atoms with Crippen molar-refractivity contribution in [3.05, 3.63) is 23.3 Å². The molecule has 0 spiro atoms. The molecule has 0 radical (unpaired) electrons. The summed E-state index contributed by atoms with van der Waals surface area (Å²) in [6, 6.07) is 2.15. The Morgan fingerprint density at radius 2 is 2.08 bits per heavy atom. The zero-order valence-electron chi connectivity index (χ0n) is 7.83. The SMILES string of the molecule is Cc1cc(CC(C)N)nc(C)n1. The minimum Gasteiger partial charge on any atom is -0.328 e. The molecule has 0 aromatic carbocycles. The molecule has 1 atom stereocenters. The average Bonchev–Trinajstić information content (AvgIpc) is 1.81. The fourth-order valence-electron chi connectivity index (χ4n) is 1.23. The molecule has 1 heterocycles. The summed E-state index contributed by atoms with van der Waals surface area (Å²) < 4.78 is 0. The topological polar surface area (TPSA) is 51.8 Å². The lowest BCUT2D eigenvalue weighted by atomic mass is 10.2. The van der Waals surface area contributed by atoms with Gasteiger partial charge in [-0.3, -0.25) is 0 Å². The summed E-state index contributed by atoms with van der Waals surface area (Å²) in [5.41, 5.74) is 7.71. The molecule has 12 heavy (non-hydrogen) atoms. The predicted octanol–water partition coefficient (Wildman–Crippen LogP) is 0.983. The third kappa shape index (κ3) is 2.58. The van der Waals surface area contributed by atoms with Crippen LogP contribution in [0.15, 0.2) is 6.07 Å². The van der Waals surface area contributed by atoms with Crippen LogP contribution < -0.4 is 5.73 Å². The maximum atomic E-state index is 5.66. The van der Waals surface area contributed by atoms with Crippen LogP contribution in [0.4, 0.5) is 0 Å². The quantitative estimate of drug-likeness (QED) is 0.710. The largest absolute Gasteiger partial charge is 0.328 e. The highest BCUT2D eigenvalue weighted by atomic mass is 14.9. The Hall–Kier alpha value is -0.960. The number of aryl methyl sites for hydroxylation is 2. The van der Waals surface area contributed by atoms with E-state index in [1.54, 1.807) is 0 Å². The highest BCUT2D eigenvalue weighted by Crippen LogP contribution is 2.01. The molecule has 0 saturated heterocycles. The van der Waals surface area contributed by atoms with Crippen molar-refractivity contribution in [1.29, 1.82) is 0 Å². The van der Waals surface area contributed by atoms with E-state index in [0.717, 1.165) is 23.6 Å². The van der Waals surface area contributed by atoms with E-state index in [2.05, 4.69) is 9.97 Å². The van der Waals surface area contributed by atoms with Gasteiger partial charge in [0, 0.05) is 23.9 Å². The number of rotatable bonds is 2. The Morgan fingerprint density at radius 1 is 1.42 bits per heavy atom. The van der Waals surface area contributed by atoms with E-state index < -0.39 is 0 Å². The molecule has 3 nitrogen and oxygen atoms in total. The first-order valence-corrected chi connectivity index (χ1v) is 4.14. The maximum Gasteiger partial charge on any atom is 0.125 e. The Morgan fingerprint density at radius 3 is 2.58 bits per heavy atom. The molecule has 0 aliphatic carbocycles. The number of aromatic nitrogens is 2. The van der Waals surface area contributed by atoms with E-state index in [1.807, 2.05) is 26.8 Å². The van der Waals surface area contributed by atoms with Crippen LogP contribution in [0.25, 0.3) is 0 Å². The summed E-state index contributed by atoms with van der Waals surface area (Å²) in [4.78, 5) is 8.47. The first-order valence-electron chi connectivity index (χ1n) is 4.14. The Bertz CT molecular complexity index is 248. The molecule has 1 unspecified atom stereocenters. The van der Waals surface area contributed by atoms with Gasteiger partial charge in [-0.05, 0) is 26.8 Å². The molecule has 1 rings (SSSR count). The number of hydrogen-bond donors (Lipinski definition) is 1. The van der Waals surface area contributed by atoms with Crippen LogP contribution in [0.5, 0.6) is 0 Å². The van der Waals surface area contributed by atoms with Crippen molar-refractivity contribution in [3.8, 4) is 0 Å². The van der Waals surface area contributed by atoms with Crippen molar-refractivity contribution in [3.63, 3.8) is 0 Å². The van der Waals surface area contributed by atoms with Crippen LogP contribution in [0.3, 0.4) is 0 Å².